The Hall–Kier alpha value is -2.28. The summed E-state index contributed by atoms with van der Waals surface area (Å²) in [5.41, 5.74) is 1.68. The van der Waals surface area contributed by atoms with Gasteiger partial charge in [0, 0.05) is 29.3 Å². The van der Waals surface area contributed by atoms with Crippen molar-refractivity contribution in [1.29, 1.82) is 0 Å². The molecule has 2 aromatic rings. The zero-order chi connectivity index (χ0) is 19.2. The number of carbonyl (C=O) groups is 2. The molecule has 0 bridgehead atoms. The summed E-state index contributed by atoms with van der Waals surface area (Å²) in [5.74, 6) is -0.194. The second-order valence-electron chi connectivity index (χ2n) is 7.33. The van der Waals surface area contributed by atoms with Gasteiger partial charge >= 0.3 is 0 Å². The number of rotatable bonds is 6. The van der Waals surface area contributed by atoms with Crippen molar-refractivity contribution in [3.05, 3.63) is 29.9 Å². The van der Waals surface area contributed by atoms with Crippen LogP contribution < -0.4 is 10.6 Å². The molecule has 1 unspecified atom stereocenters. The lowest BCUT2D eigenvalue weighted by Gasteiger charge is -2.26. The Morgan fingerprint density at radius 1 is 1.22 bits per heavy atom. The van der Waals surface area contributed by atoms with E-state index in [0.717, 1.165) is 36.9 Å². The van der Waals surface area contributed by atoms with Crippen molar-refractivity contribution >= 4 is 28.3 Å². The third-order valence-electron chi connectivity index (χ3n) is 4.91. The fraction of sp³-hybridized carbons (Fsp3) is 0.500. The zero-order valence-electron chi connectivity index (χ0n) is 15.8. The van der Waals surface area contributed by atoms with Gasteiger partial charge in [-0.1, -0.05) is 33.1 Å². The second kappa shape index (κ2) is 9.08. The predicted molar refractivity (Wildman–Crippen MR) is 107 cm³/mol. The first-order valence-corrected chi connectivity index (χ1v) is 10.4. The Balaban J connectivity index is 1.63. The van der Waals surface area contributed by atoms with Crippen molar-refractivity contribution < 1.29 is 9.59 Å². The van der Waals surface area contributed by atoms with E-state index in [0.29, 0.717) is 5.13 Å². The molecule has 0 radical (unpaired) electrons. The van der Waals surface area contributed by atoms with Gasteiger partial charge in [-0.3, -0.25) is 14.6 Å². The number of nitrogens with one attached hydrogen (secondary N) is 2. The van der Waals surface area contributed by atoms with Gasteiger partial charge in [0.25, 0.3) is 0 Å². The fourth-order valence-corrected chi connectivity index (χ4v) is 4.05. The molecule has 1 atom stereocenters. The first kappa shape index (κ1) is 19.5. The van der Waals surface area contributed by atoms with Gasteiger partial charge in [-0.15, -0.1) is 11.3 Å². The van der Waals surface area contributed by atoms with Crippen LogP contribution in [-0.4, -0.2) is 27.8 Å². The smallest absolute Gasteiger partial charge is 0.248 e. The summed E-state index contributed by atoms with van der Waals surface area (Å²) in [7, 11) is 0. The highest BCUT2D eigenvalue weighted by Gasteiger charge is 2.29. The second-order valence-corrected chi connectivity index (χ2v) is 8.19. The number of hydrogen-bond donors (Lipinski definition) is 2. The SMILES string of the molecule is CC(C)C(NC(=O)C1CCCCC1)C(=O)Nc1nc(-c2cccnc2)cs1. The van der Waals surface area contributed by atoms with Crippen molar-refractivity contribution in [3.63, 3.8) is 0 Å². The lowest BCUT2D eigenvalue weighted by molar-refractivity contribution is -0.130. The Labute approximate surface area is 163 Å². The first-order chi connectivity index (χ1) is 13.0. The maximum absolute atomic E-state index is 12.7. The summed E-state index contributed by atoms with van der Waals surface area (Å²) in [4.78, 5) is 33.8. The Morgan fingerprint density at radius 3 is 2.67 bits per heavy atom. The maximum Gasteiger partial charge on any atom is 0.248 e. The van der Waals surface area contributed by atoms with Crippen LogP contribution in [0.4, 0.5) is 5.13 Å². The molecule has 1 saturated carbocycles. The molecule has 1 aliphatic carbocycles. The van der Waals surface area contributed by atoms with Gasteiger partial charge in [0.2, 0.25) is 11.8 Å². The van der Waals surface area contributed by atoms with Crippen molar-refractivity contribution in [3.8, 4) is 11.3 Å². The molecule has 2 N–H and O–H groups in total. The van der Waals surface area contributed by atoms with Gasteiger partial charge in [-0.2, -0.15) is 0 Å². The molecule has 7 heteroatoms. The molecule has 1 aliphatic rings. The molecule has 0 spiro atoms. The number of pyridine rings is 1. The maximum atomic E-state index is 12.7. The highest BCUT2D eigenvalue weighted by Crippen LogP contribution is 2.26. The molecule has 2 aromatic heterocycles. The van der Waals surface area contributed by atoms with E-state index in [1.54, 1.807) is 12.4 Å². The number of carbonyl (C=O) groups excluding carboxylic acids is 2. The van der Waals surface area contributed by atoms with E-state index in [9.17, 15) is 9.59 Å². The quantitative estimate of drug-likeness (QED) is 0.789. The summed E-state index contributed by atoms with van der Waals surface area (Å²) >= 11 is 1.37. The molecule has 144 valence electrons. The molecule has 27 heavy (non-hydrogen) atoms. The van der Waals surface area contributed by atoms with E-state index in [-0.39, 0.29) is 23.7 Å². The van der Waals surface area contributed by atoms with Crippen LogP contribution in [0.1, 0.15) is 46.0 Å². The lowest BCUT2D eigenvalue weighted by atomic mass is 9.88. The predicted octanol–water partition coefficient (Wildman–Crippen LogP) is 3.86. The number of amides is 2. The Bertz CT molecular complexity index is 769. The van der Waals surface area contributed by atoms with E-state index < -0.39 is 6.04 Å². The summed E-state index contributed by atoms with van der Waals surface area (Å²) in [6.07, 6.45) is 8.65. The molecule has 2 amide bonds. The average molecular weight is 387 g/mol. The Morgan fingerprint density at radius 2 is 2.00 bits per heavy atom. The third-order valence-corrected chi connectivity index (χ3v) is 5.67. The molecule has 0 aliphatic heterocycles. The van der Waals surface area contributed by atoms with Crippen LogP contribution >= 0.6 is 11.3 Å². The number of thiazole rings is 1. The molecule has 2 heterocycles. The number of nitrogens with zero attached hydrogens (tertiary/aromatic N) is 2. The van der Waals surface area contributed by atoms with Gasteiger partial charge in [0.1, 0.15) is 6.04 Å². The van der Waals surface area contributed by atoms with Crippen LogP contribution in [0.25, 0.3) is 11.3 Å². The highest BCUT2D eigenvalue weighted by molar-refractivity contribution is 7.14. The number of anilines is 1. The van der Waals surface area contributed by atoms with E-state index >= 15 is 0 Å². The topological polar surface area (TPSA) is 84.0 Å². The normalized spacial score (nSPS) is 16.1. The zero-order valence-corrected chi connectivity index (χ0v) is 16.6. The van der Waals surface area contributed by atoms with E-state index in [2.05, 4.69) is 20.6 Å². The molecule has 6 nitrogen and oxygen atoms in total. The van der Waals surface area contributed by atoms with Crippen LogP contribution in [0.5, 0.6) is 0 Å². The van der Waals surface area contributed by atoms with Crippen LogP contribution in [0.2, 0.25) is 0 Å². The van der Waals surface area contributed by atoms with E-state index in [1.807, 2.05) is 31.4 Å². The molecular weight excluding hydrogens is 360 g/mol. The monoisotopic (exact) mass is 386 g/mol. The number of hydrogen-bond acceptors (Lipinski definition) is 5. The summed E-state index contributed by atoms with van der Waals surface area (Å²) in [5, 5.41) is 8.23. The number of aromatic nitrogens is 2. The molecular formula is C20H26N4O2S. The van der Waals surface area contributed by atoms with Gasteiger partial charge < -0.3 is 10.6 Å². The average Bonchev–Trinajstić information content (AvgIpc) is 3.15. The standard InChI is InChI=1S/C20H26N4O2S/c1-13(2)17(23-18(25)14-7-4-3-5-8-14)19(26)24-20-22-16(12-27-20)15-9-6-10-21-11-15/h6,9-14,17H,3-5,7-8H2,1-2H3,(H,23,25)(H,22,24,26). The highest BCUT2D eigenvalue weighted by atomic mass is 32.1. The van der Waals surface area contributed by atoms with Crippen molar-refractivity contribution in [2.24, 2.45) is 11.8 Å². The van der Waals surface area contributed by atoms with E-state index in [4.69, 9.17) is 0 Å². The van der Waals surface area contributed by atoms with Crippen molar-refractivity contribution in [1.82, 2.24) is 15.3 Å². The first-order valence-electron chi connectivity index (χ1n) is 9.51. The van der Waals surface area contributed by atoms with Crippen molar-refractivity contribution in [2.45, 2.75) is 52.0 Å². The molecule has 3 rings (SSSR count). The van der Waals surface area contributed by atoms with Crippen LogP contribution in [0.15, 0.2) is 29.9 Å². The van der Waals surface area contributed by atoms with E-state index in [1.165, 1.54) is 17.8 Å². The van der Waals surface area contributed by atoms with Gasteiger partial charge in [-0.25, -0.2) is 4.98 Å². The minimum absolute atomic E-state index is 0.00117. The lowest BCUT2D eigenvalue weighted by Crippen LogP contribution is -2.49. The minimum Gasteiger partial charge on any atom is -0.344 e. The third kappa shape index (κ3) is 5.13. The van der Waals surface area contributed by atoms with Gasteiger partial charge in [-0.05, 0) is 30.9 Å². The van der Waals surface area contributed by atoms with Gasteiger partial charge in [0.05, 0.1) is 5.69 Å². The molecule has 0 saturated heterocycles. The van der Waals surface area contributed by atoms with Crippen LogP contribution in [0, 0.1) is 11.8 Å². The fourth-order valence-electron chi connectivity index (χ4n) is 3.33. The van der Waals surface area contributed by atoms with Crippen LogP contribution in [-0.2, 0) is 9.59 Å². The van der Waals surface area contributed by atoms with Crippen molar-refractivity contribution in [2.75, 3.05) is 5.32 Å². The molecule has 1 fully saturated rings. The molecule has 0 aromatic carbocycles. The largest absolute Gasteiger partial charge is 0.344 e. The van der Waals surface area contributed by atoms with Crippen LogP contribution in [0.3, 0.4) is 0 Å². The minimum atomic E-state index is -0.565. The summed E-state index contributed by atoms with van der Waals surface area (Å²) in [6.45, 7) is 3.88. The summed E-state index contributed by atoms with van der Waals surface area (Å²) in [6, 6.07) is 3.21. The summed E-state index contributed by atoms with van der Waals surface area (Å²) < 4.78 is 0. The Kier molecular flexibility index (Phi) is 6.55. The van der Waals surface area contributed by atoms with Gasteiger partial charge in [0.15, 0.2) is 5.13 Å².